The van der Waals surface area contributed by atoms with Crippen molar-refractivity contribution in [2.45, 2.75) is 25.8 Å². The zero-order valence-electron chi connectivity index (χ0n) is 6.76. The first-order valence-corrected chi connectivity index (χ1v) is 4.51. The minimum Gasteiger partial charge on any atom is -0.323 e. The monoisotopic (exact) mass is 191 g/mol. The van der Waals surface area contributed by atoms with Gasteiger partial charge < -0.3 is 5.73 Å². The summed E-state index contributed by atoms with van der Waals surface area (Å²) in [5.74, 6) is 0. The molecule has 0 radical (unpaired) electrons. The van der Waals surface area contributed by atoms with Crippen LogP contribution in [0.5, 0.6) is 0 Å². The van der Waals surface area contributed by atoms with Crippen LogP contribution in [0, 0.1) is 6.92 Å². The maximum Gasteiger partial charge on any atom is 0.240 e. The first kappa shape index (κ1) is 9.61. The molecule has 1 rings (SSSR count). The number of hydrogen-bond donors (Lipinski definition) is 1. The Morgan fingerprint density at radius 3 is 2.58 bits per heavy atom. The number of rotatable bonds is 3. The van der Waals surface area contributed by atoms with Crippen LogP contribution in [0.25, 0.3) is 0 Å². The second-order valence-electron chi connectivity index (χ2n) is 2.68. The van der Waals surface area contributed by atoms with E-state index in [1.54, 1.807) is 0 Å². The van der Waals surface area contributed by atoms with Gasteiger partial charge in [-0.2, -0.15) is 0 Å². The van der Waals surface area contributed by atoms with Crippen LogP contribution in [0.1, 0.15) is 22.2 Å². The van der Waals surface area contributed by atoms with E-state index in [9.17, 15) is 8.78 Å². The van der Waals surface area contributed by atoms with Crippen molar-refractivity contribution in [2.24, 2.45) is 5.73 Å². The average molecular weight is 191 g/mol. The lowest BCUT2D eigenvalue weighted by atomic mass is 10.2. The molecule has 12 heavy (non-hydrogen) atoms. The molecule has 0 aliphatic heterocycles. The number of nitrogens with two attached hydrogens (primary N) is 1. The van der Waals surface area contributed by atoms with E-state index in [0.717, 1.165) is 9.75 Å². The van der Waals surface area contributed by atoms with E-state index in [0.29, 0.717) is 0 Å². The molecule has 68 valence electrons. The van der Waals surface area contributed by atoms with Crippen LogP contribution >= 0.6 is 11.3 Å². The molecule has 0 saturated heterocycles. The Bertz CT molecular complexity index is 247. The van der Waals surface area contributed by atoms with E-state index >= 15 is 0 Å². The van der Waals surface area contributed by atoms with E-state index in [1.807, 2.05) is 19.1 Å². The van der Waals surface area contributed by atoms with Gasteiger partial charge in [0.15, 0.2) is 0 Å². The Morgan fingerprint density at radius 1 is 1.50 bits per heavy atom. The molecular weight excluding hydrogens is 180 g/mol. The van der Waals surface area contributed by atoms with Crippen LogP contribution in [0.4, 0.5) is 8.78 Å². The molecule has 1 atom stereocenters. The number of thiophene rings is 1. The van der Waals surface area contributed by atoms with Gasteiger partial charge in [0.1, 0.15) is 0 Å². The highest BCUT2D eigenvalue weighted by atomic mass is 32.1. The van der Waals surface area contributed by atoms with E-state index in [2.05, 4.69) is 0 Å². The zero-order valence-corrected chi connectivity index (χ0v) is 7.57. The topological polar surface area (TPSA) is 26.0 Å². The summed E-state index contributed by atoms with van der Waals surface area (Å²) < 4.78 is 23.8. The summed E-state index contributed by atoms with van der Waals surface area (Å²) in [6, 6.07) is 3.20. The number of aryl methyl sites for hydroxylation is 1. The van der Waals surface area contributed by atoms with Crippen LogP contribution in [-0.4, -0.2) is 6.43 Å². The van der Waals surface area contributed by atoms with Gasteiger partial charge >= 0.3 is 0 Å². The van der Waals surface area contributed by atoms with Crippen LogP contribution in [0.15, 0.2) is 12.1 Å². The Morgan fingerprint density at radius 2 is 2.17 bits per heavy atom. The number of alkyl halides is 2. The first-order valence-electron chi connectivity index (χ1n) is 3.69. The molecule has 4 heteroatoms. The minimum absolute atomic E-state index is 0.250. The molecule has 1 nitrogen and oxygen atoms in total. The third-order valence-corrected chi connectivity index (χ3v) is 2.69. The Labute approximate surface area is 74.2 Å². The van der Waals surface area contributed by atoms with Crippen molar-refractivity contribution in [3.63, 3.8) is 0 Å². The fraction of sp³-hybridized carbons (Fsp3) is 0.500. The third-order valence-electron chi connectivity index (χ3n) is 1.56. The van der Waals surface area contributed by atoms with Crippen molar-refractivity contribution in [3.05, 3.63) is 21.9 Å². The minimum atomic E-state index is -2.32. The van der Waals surface area contributed by atoms with Gasteiger partial charge in [-0.3, -0.25) is 0 Å². The highest BCUT2D eigenvalue weighted by molar-refractivity contribution is 7.12. The fourth-order valence-corrected chi connectivity index (χ4v) is 1.85. The van der Waals surface area contributed by atoms with E-state index < -0.39 is 12.5 Å². The third kappa shape index (κ3) is 2.53. The van der Waals surface area contributed by atoms with Gasteiger partial charge in [0.25, 0.3) is 0 Å². The number of halogens is 2. The zero-order chi connectivity index (χ0) is 9.14. The van der Waals surface area contributed by atoms with Crippen molar-refractivity contribution in [1.82, 2.24) is 0 Å². The smallest absolute Gasteiger partial charge is 0.240 e. The standard InChI is InChI=1S/C8H11F2NS/c1-5-2-3-7(12-5)6(11)4-8(9)10/h2-3,6,8H,4,11H2,1H3/t6-/m1/s1. The molecule has 0 saturated carbocycles. The van der Waals surface area contributed by atoms with E-state index in [-0.39, 0.29) is 6.42 Å². The highest BCUT2D eigenvalue weighted by Crippen LogP contribution is 2.24. The van der Waals surface area contributed by atoms with E-state index in [4.69, 9.17) is 5.73 Å². The summed E-state index contributed by atoms with van der Waals surface area (Å²) in [5.41, 5.74) is 5.54. The molecule has 1 aromatic rings. The van der Waals surface area contributed by atoms with Gasteiger partial charge in [-0.05, 0) is 19.1 Å². The molecule has 1 aromatic heterocycles. The highest BCUT2D eigenvalue weighted by Gasteiger charge is 2.13. The van der Waals surface area contributed by atoms with E-state index in [1.165, 1.54) is 11.3 Å². The molecule has 2 N–H and O–H groups in total. The molecule has 1 heterocycles. The molecule has 0 aliphatic carbocycles. The Kier molecular flexibility index (Phi) is 3.17. The summed E-state index contributed by atoms with van der Waals surface area (Å²) in [5, 5.41) is 0. The SMILES string of the molecule is Cc1ccc([C@H](N)CC(F)F)s1. The lowest BCUT2D eigenvalue weighted by molar-refractivity contribution is 0.129. The van der Waals surface area contributed by atoms with Gasteiger partial charge in [-0.15, -0.1) is 11.3 Å². The van der Waals surface area contributed by atoms with Gasteiger partial charge in [0.05, 0.1) is 0 Å². The number of hydrogen-bond acceptors (Lipinski definition) is 2. The predicted molar refractivity (Wildman–Crippen MR) is 46.6 cm³/mol. The summed E-state index contributed by atoms with van der Waals surface area (Å²) in [4.78, 5) is 1.95. The van der Waals surface area contributed by atoms with Crippen LogP contribution in [0.2, 0.25) is 0 Å². The van der Waals surface area contributed by atoms with Crippen molar-refractivity contribution < 1.29 is 8.78 Å². The second-order valence-corrected chi connectivity index (χ2v) is 4.00. The Balaban J connectivity index is 2.58. The normalized spacial score (nSPS) is 13.8. The Hall–Kier alpha value is -0.480. The summed E-state index contributed by atoms with van der Waals surface area (Å²) in [7, 11) is 0. The molecular formula is C8H11F2NS. The average Bonchev–Trinajstić information content (AvgIpc) is 2.34. The molecule has 0 aliphatic rings. The van der Waals surface area contributed by atoms with Gasteiger partial charge in [-0.25, -0.2) is 8.78 Å². The van der Waals surface area contributed by atoms with Gasteiger partial charge in [-0.1, -0.05) is 0 Å². The fourth-order valence-electron chi connectivity index (χ4n) is 0.961. The molecule has 0 fully saturated rings. The van der Waals surface area contributed by atoms with Gasteiger partial charge in [0.2, 0.25) is 6.43 Å². The summed E-state index contributed by atoms with van der Waals surface area (Å²) in [6.07, 6.45) is -2.57. The maximum atomic E-state index is 11.9. The molecule has 0 aromatic carbocycles. The van der Waals surface area contributed by atoms with Crippen molar-refractivity contribution in [3.8, 4) is 0 Å². The van der Waals surface area contributed by atoms with Crippen LogP contribution in [0.3, 0.4) is 0 Å². The quantitative estimate of drug-likeness (QED) is 0.781. The van der Waals surface area contributed by atoms with Crippen LogP contribution < -0.4 is 5.73 Å². The second kappa shape index (κ2) is 3.96. The van der Waals surface area contributed by atoms with Crippen molar-refractivity contribution >= 4 is 11.3 Å². The summed E-state index contributed by atoms with van der Waals surface area (Å²) in [6.45, 7) is 1.93. The molecule has 0 amide bonds. The van der Waals surface area contributed by atoms with Crippen LogP contribution in [-0.2, 0) is 0 Å². The molecule has 0 bridgehead atoms. The predicted octanol–water partition coefficient (Wildman–Crippen LogP) is 2.71. The maximum absolute atomic E-state index is 11.9. The molecule has 0 spiro atoms. The lowest BCUT2D eigenvalue weighted by Gasteiger charge is -2.07. The molecule has 0 unspecified atom stereocenters. The largest absolute Gasteiger partial charge is 0.323 e. The van der Waals surface area contributed by atoms with Gasteiger partial charge in [0, 0.05) is 22.2 Å². The van der Waals surface area contributed by atoms with Crippen molar-refractivity contribution in [2.75, 3.05) is 0 Å². The first-order chi connectivity index (χ1) is 5.59. The van der Waals surface area contributed by atoms with Crippen molar-refractivity contribution in [1.29, 1.82) is 0 Å². The summed E-state index contributed by atoms with van der Waals surface area (Å²) >= 11 is 1.48. The lowest BCUT2D eigenvalue weighted by Crippen LogP contribution is -2.12.